The summed E-state index contributed by atoms with van der Waals surface area (Å²) in [6.07, 6.45) is 4.42. The Kier molecular flexibility index (Phi) is 9.58. The van der Waals surface area contributed by atoms with Crippen LogP contribution in [0.15, 0.2) is 36.4 Å². The SMILES string of the molecule is [C-]#[N+]c1cc(-c2ccc(C(=O)N3CCC[C@@H]3CO)c(F)c2)ccc1OCC1CCN(CC(F)(CC)CC)CC1. The number of halogens is 2. The van der Waals surface area contributed by atoms with E-state index >= 15 is 0 Å². The summed E-state index contributed by atoms with van der Waals surface area (Å²) in [5.41, 5.74) is 0.441. The smallest absolute Gasteiger partial charge is 0.257 e. The summed E-state index contributed by atoms with van der Waals surface area (Å²) in [6.45, 7) is 14.5. The number of likely N-dealkylation sites (tertiary alicyclic amines) is 2. The number of aliphatic hydroxyl groups is 1. The minimum atomic E-state index is -1.12. The fourth-order valence-corrected chi connectivity index (χ4v) is 5.62. The van der Waals surface area contributed by atoms with Gasteiger partial charge in [0.05, 0.1) is 31.4 Å². The van der Waals surface area contributed by atoms with Crippen molar-refractivity contribution in [3.05, 3.63) is 59.2 Å². The highest BCUT2D eigenvalue weighted by molar-refractivity contribution is 5.95. The number of alkyl halides is 1. The summed E-state index contributed by atoms with van der Waals surface area (Å²) < 4.78 is 35.8. The van der Waals surface area contributed by atoms with E-state index < -0.39 is 17.4 Å². The third-order valence-electron chi connectivity index (χ3n) is 8.42. The summed E-state index contributed by atoms with van der Waals surface area (Å²) in [5.74, 6) is -0.198. The van der Waals surface area contributed by atoms with Crippen LogP contribution < -0.4 is 4.74 Å². The van der Waals surface area contributed by atoms with E-state index in [1.165, 1.54) is 17.0 Å². The Bertz CT molecular complexity index is 1190. The molecule has 2 aromatic carbocycles. The molecule has 2 fully saturated rings. The van der Waals surface area contributed by atoms with Crippen molar-refractivity contribution in [2.45, 2.75) is 64.1 Å². The fourth-order valence-electron chi connectivity index (χ4n) is 5.62. The molecule has 0 spiro atoms. The van der Waals surface area contributed by atoms with E-state index in [-0.39, 0.29) is 18.2 Å². The predicted molar refractivity (Wildman–Crippen MR) is 148 cm³/mol. The quantitative estimate of drug-likeness (QED) is 0.362. The van der Waals surface area contributed by atoms with E-state index in [0.717, 1.165) is 32.4 Å². The molecule has 1 N–H and O–H groups in total. The molecule has 2 aliphatic heterocycles. The van der Waals surface area contributed by atoms with Gasteiger partial charge in [-0.1, -0.05) is 26.0 Å². The summed E-state index contributed by atoms with van der Waals surface area (Å²) in [4.78, 5) is 20.2. The van der Waals surface area contributed by atoms with E-state index in [9.17, 15) is 18.7 Å². The number of carbonyl (C=O) groups excluding carboxylic acids is 1. The molecule has 2 heterocycles. The normalized spacial score (nSPS) is 18.8. The molecule has 0 bridgehead atoms. The van der Waals surface area contributed by atoms with Gasteiger partial charge in [0.15, 0.2) is 0 Å². The van der Waals surface area contributed by atoms with Crippen LogP contribution in [0.4, 0.5) is 14.5 Å². The van der Waals surface area contributed by atoms with Crippen molar-refractivity contribution in [1.82, 2.24) is 9.80 Å². The molecule has 210 valence electrons. The number of nitrogens with zero attached hydrogens (tertiary/aromatic N) is 3. The van der Waals surface area contributed by atoms with E-state index in [4.69, 9.17) is 11.3 Å². The van der Waals surface area contributed by atoms with Crippen molar-refractivity contribution in [2.24, 2.45) is 5.92 Å². The summed E-state index contributed by atoms with van der Waals surface area (Å²) in [7, 11) is 0. The van der Waals surface area contributed by atoms with Crippen molar-refractivity contribution in [3.8, 4) is 16.9 Å². The third kappa shape index (κ3) is 6.77. The molecule has 2 aliphatic rings. The van der Waals surface area contributed by atoms with Crippen LogP contribution in [0.5, 0.6) is 5.75 Å². The first-order valence-corrected chi connectivity index (χ1v) is 14.1. The minimum absolute atomic E-state index is 0.0166. The zero-order valence-corrected chi connectivity index (χ0v) is 23.0. The third-order valence-corrected chi connectivity index (χ3v) is 8.42. The number of rotatable bonds is 10. The van der Waals surface area contributed by atoms with Gasteiger partial charge >= 0.3 is 0 Å². The van der Waals surface area contributed by atoms with Crippen LogP contribution in [0.25, 0.3) is 16.0 Å². The first kappa shape index (κ1) is 29.0. The molecule has 8 heteroatoms. The molecule has 2 saturated heterocycles. The van der Waals surface area contributed by atoms with Crippen molar-refractivity contribution < 1.29 is 23.4 Å². The Labute approximate surface area is 230 Å². The molecule has 0 aliphatic carbocycles. The lowest BCUT2D eigenvalue weighted by atomic mass is 9.94. The number of benzene rings is 2. The summed E-state index contributed by atoms with van der Waals surface area (Å²) in [6, 6.07) is 9.42. The van der Waals surface area contributed by atoms with Gasteiger partial charge in [0.2, 0.25) is 5.69 Å². The lowest BCUT2D eigenvalue weighted by Gasteiger charge is -2.36. The van der Waals surface area contributed by atoms with E-state index in [2.05, 4.69) is 9.74 Å². The largest absolute Gasteiger partial charge is 0.504 e. The van der Waals surface area contributed by atoms with E-state index in [1.54, 1.807) is 24.3 Å². The zero-order chi connectivity index (χ0) is 28.0. The highest BCUT2D eigenvalue weighted by atomic mass is 19.1. The Morgan fingerprint density at radius 3 is 2.44 bits per heavy atom. The second kappa shape index (κ2) is 12.9. The number of amides is 1. The minimum Gasteiger partial charge on any atom is -0.504 e. The number of aliphatic hydroxyl groups excluding tert-OH is 1. The molecule has 1 amide bonds. The molecule has 0 unspecified atom stereocenters. The molecular formula is C31H39F2N3O3. The van der Waals surface area contributed by atoms with E-state index in [1.807, 2.05) is 13.8 Å². The lowest BCUT2D eigenvalue weighted by molar-refractivity contribution is 0.0569. The molecule has 1 atom stereocenters. The fraction of sp³-hybridized carbons (Fsp3) is 0.548. The van der Waals surface area contributed by atoms with Crippen molar-refractivity contribution >= 4 is 11.6 Å². The van der Waals surface area contributed by atoms with Gasteiger partial charge in [-0.3, -0.25) is 4.79 Å². The average Bonchev–Trinajstić information content (AvgIpc) is 3.45. The monoisotopic (exact) mass is 539 g/mol. The van der Waals surface area contributed by atoms with Gasteiger partial charge in [-0.25, -0.2) is 13.6 Å². The second-order valence-electron chi connectivity index (χ2n) is 10.9. The maximum Gasteiger partial charge on any atom is 0.257 e. The first-order valence-electron chi connectivity index (χ1n) is 14.1. The predicted octanol–water partition coefficient (Wildman–Crippen LogP) is 6.26. The molecule has 6 nitrogen and oxygen atoms in total. The molecule has 39 heavy (non-hydrogen) atoms. The molecular weight excluding hydrogens is 500 g/mol. The summed E-state index contributed by atoms with van der Waals surface area (Å²) in [5, 5.41) is 9.51. The molecule has 0 aromatic heterocycles. The number of hydrogen-bond donors (Lipinski definition) is 1. The maximum atomic E-state index is 15.0. The van der Waals surface area contributed by atoms with Gasteiger partial charge in [0, 0.05) is 13.1 Å². The first-order chi connectivity index (χ1) is 18.8. The lowest BCUT2D eigenvalue weighted by Crippen LogP contribution is -2.44. The number of carbonyl (C=O) groups is 1. The number of hydrogen-bond acceptors (Lipinski definition) is 4. The van der Waals surface area contributed by atoms with Gasteiger partial charge in [-0.05, 0) is 92.9 Å². The van der Waals surface area contributed by atoms with Gasteiger partial charge < -0.3 is 19.6 Å². The molecule has 0 saturated carbocycles. The Balaban J connectivity index is 1.37. The van der Waals surface area contributed by atoms with Crippen LogP contribution >= 0.6 is 0 Å². The van der Waals surface area contributed by atoms with Crippen LogP contribution in [0.2, 0.25) is 0 Å². The van der Waals surface area contributed by atoms with E-state index in [0.29, 0.717) is 67.4 Å². The number of ether oxygens (including phenoxy) is 1. The van der Waals surface area contributed by atoms with Crippen molar-refractivity contribution in [3.63, 3.8) is 0 Å². The highest BCUT2D eigenvalue weighted by Crippen LogP contribution is 2.35. The Hall–Kier alpha value is -3.02. The van der Waals surface area contributed by atoms with Crippen molar-refractivity contribution in [2.75, 3.05) is 39.4 Å². The zero-order valence-electron chi connectivity index (χ0n) is 23.0. The van der Waals surface area contributed by atoms with Crippen LogP contribution in [-0.2, 0) is 0 Å². The van der Waals surface area contributed by atoms with Crippen LogP contribution in [-0.4, -0.2) is 71.9 Å². The Morgan fingerprint density at radius 2 is 1.79 bits per heavy atom. The maximum absolute atomic E-state index is 15.0. The average molecular weight is 540 g/mol. The van der Waals surface area contributed by atoms with Crippen LogP contribution in [0.1, 0.15) is 62.7 Å². The van der Waals surface area contributed by atoms with Gasteiger partial charge in [0.1, 0.15) is 17.2 Å². The van der Waals surface area contributed by atoms with Gasteiger partial charge in [0.25, 0.3) is 5.91 Å². The topological polar surface area (TPSA) is 57.4 Å². The number of piperidine rings is 1. The van der Waals surface area contributed by atoms with Crippen molar-refractivity contribution in [1.29, 1.82) is 0 Å². The highest BCUT2D eigenvalue weighted by Gasteiger charge is 2.31. The van der Waals surface area contributed by atoms with Crippen LogP contribution in [0, 0.1) is 18.3 Å². The van der Waals surface area contributed by atoms with Crippen LogP contribution in [0.3, 0.4) is 0 Å². The molecule has 2 aromatic rings. The van der Waals surface area contributed by atoms with Gasteiger partial charge in [-0.15, -0.1) is 0 Å². The summed E-state index contributed by atoms with van der Waals surface area (Å²) >= 11 is 0. The second-order valence-corrected chi connectivity index (χ2v) is 10.9. The molecule has 0 radical (unpaired) electrons. The Morgan fingerprint density at radius 1 is 1.10 bits per heavy atom. The van der Waals surface area contributed by atoms with Gasteiger partial charge in [-0.2, -0.15) is 0 Å². The standard InChI is InChI=1S/C31H39F2N3O3/c1-4-31(33,5-2)21-35-15-12-22(13-16-35)20-39-29-11-9-24(18-28(29)34-3)23-8-10-26(27(32)17-23)30(38)36-14-6-7-25(36)19-37/h8-11,17-18,22,25,37H,4-7,12-16,19-21H2,1-2H3/t25-/m1/s1. The molecule has 4 rings (SSSR count).